The molecule has 1 aromatic rings. The molecule has 2 aliphatic rings. The maximum absolute atomic E-state index is 12.2. The fourth-order valence-corrected chi connectivity index (χ4v) is 3.32. The zero-order valence-corrected chi connectivity index (χ0v) is 14.1. The lowest BCUT2D eigenvalue weighted by atomic mass is 9.87. The molecule has 0 aliphatic carbocycles. The van der Waals surface area contributed by atoms with Crippen molar-refractivity contribution in [1.29, 1.82) is 0 Å². The van der Waals surface area contributed by atoms with Gasteiger partial charge in [-0.3, -0.25) is 4.79 Å². The number of piperidine rings is 1. The number of carbonyl (C=O) groups is 2. The highest BCUT2D eigenvalue weighted by Gasteiger charge is 2.42. The van der Waals surface area contributed by atoms with Crippen molar-refractivity contribution in [3.05, 3.63) is 24.4 Å². The molecule has 136 valence electrons. The lowest BCUT2D eigenvalue weighted by molar-refractivity contribution is -0.148. The molecular formula is C17H24N4O4. The van der Waals surface area contributed by atoms with Gasteiger partial charge >= 0.3 is 12.0 Å². The Bertz CT molecular complexity index is 604. The maximum atomic E-state index is 12.2. The fourth-order valence-electron chi connectivity index (χ4n) is 3.32. The molecule has 25 heavy (non-hydrogen) atoms. The van der Waals surface area contributed by atoms with Crippen molar-refractivity contribution < 1.29 is 19.4 Å². The number of carboxylic acid groups (broad SMARTS) is 1. The van der Waals surface area contributed by atoms with Gasteiger partial charge < -0.3 is 25.4 Å². The molecule has 3 rings (SSSR count). The van der Waals surface area contributed by atoms with E-state index in [9.17, 15) is 14.7 Å². The number of carbonyl (C=O) groups excluding carboxylic acids is 1. The smallest absolute Gasteiger partial charge is 0.315 e. The Labute approximate surface area is 146 Å². The minimum atomic E-state index is -1.01. The zero-order valence-electron chi connectivity index (χ0n) is 14.1. The fraction of sp³-hybridized carbons (Fsp3) is 0.588. The topological polar surface area (TPSA) is 104 Å². The third kappa shape index (κ3) is 4.19. The molecule has 2 aliphatic heterocycles. The van der Waals surface area contributed by atoms with E-state index in [1.807, 2.05) is 18.2 Å². The van der Waals surface area contributed by atoms with E-state index in [1.165, 1.54) is 0 Å². The Morgan fingerprint density at radius 3 is 3.00 bits per heavy atom. The summed E-state index contributed by atoms with van der Waals surface area (Å²) in [5.74, 6) is -0.0216. The van der Waals surface area contributed by atoms with Crippen molar-refractivity contribution in [2.75, 3.05) is 37.7 Å². The molecule has 8 heteroatoms. The molecule has 3 heterocycles. The molecule has 2 unspecified atom stereocenters. The van der Waals surface area contributed by atoms with Crippen LogP contribution in [0.25, 0.3) is 0 Å². The van der Waals surface area contributed by atoms with Crippen molar-refractivity contribution in [3.63, 3.8) is 0 Å². The summed E-state index contributed by atoms with van der Waals surface area (Å²) in [6.07, 6.45) is 4.03. The number of aliphatic carboxylic acids is 1. The van der Waals surface area contributed by atoms with Crippen LogP contribution in [0.1, 0.15) is 19.3 Å². The van der Waals surface area contributed by atoms with Crippen LogP contribution in [-0.2, 0) is 9.53 Å². The summed E-state index contributed by atoms with van der Waals surface area (Å²) in [5, 5.41) is 15.0. The monoisotopic (exact) mass is 348 g/mol. The van der Waals surface area contributed by atoms with Gasteiger partial charge in [0.25, 0.3) is 0 Å². The standard InChI is InChI=1S/C17H24N4O4/c22-15(23)17(6-9-25-12-17)11-19-16(24)20-13-4-3-8-21(10-13)14-5-1-2-7-18-14/h1-2,5,7,13H,3-4,6,8-12H2,(H,22,23)(H2,19,20,24). The van der Waals surface area contributed by atoms with Crippen molar-refractivity contribution in [2.45, 2.75) is 25.3 Å². The Kier molecular flexibility index (Phi) is 5.37. The average molecular weight is 348 g/mol. The molecule has 1 aromatic heterocycles. The van der Waals surface area contributed by atoms with Gasteiger partial charge in [-0.15, -0.1) is 0 Å². The Morgan fingerprint density at radius 2 is 2.32 bits per heavy atom. The second-order valence-corrected chi connectivity index (χ2v) is 6.69. The van der Waals surface area contributed by atoms with Gasteiger partial charge in [-0.2, -0.15) is 0 Å². The second kappa shape index (κ2) is 7.69. The number of nitrogens with zero attached hydrogens (tertiary/aromatic N) is 2. The SMILES string of the molecule is O=C(NCC1(C(=O)O)CCOC1)NC1CCCN(c2ccccn2)C1. The van der Waals surface area contributed by atoms with E-state index in [1.54, 1.807) is 6.20 Å². The van der Waals surface area contributed by atoms with E-state index >= 15 is 0 Å². The van der Waals surface area contributed by atoms with E-state index in [0.29, 0.717) is 19.6 Å². The van der Waals surface area contributed by atoms with Gasteiger partial charge in [0.2, 0.25) is 0 Å². The molecule has 2 amide bonds. The number of carboxylic acids is 1. The molecule has 0 saturated carbocycles. The Morgan fingerprint density at radius 1 is 1.44 bits per heavy atom. The summed E-state index contributed by atoms with van der Waals surface area (Å²) in [5.41, 5.74) is -1.01. The zero-order chi connectivity index (χ0) is 17.7. The maximum Gasteiger partial charge on any atom is 0.315 e. The quantitative estimate of drug-likeness (QED) is 0.728. The molecular weight excluding hydrogens is 324 g/mol. The van der Waals surface area contributed by atoms with Crippen LogP contribution < -0.4 is 15.5 Å². The van der Waals surface area contributed by atoms with Crippen molar-refractivity contribution in [3.8, 4) is 0 Å². The first kappa shape index (κ1) is 17.5. The first-order chi connectivity index (χ1) is 12.1. The van der Waals surface area contributed by atoms with Crippen molar-refractivity contribution in [1.82, 2.24) is 15.6 Å². The number of urea groups is 1. The minimum Gasteiger partial charge on any atom is -0.481 e. The van der Waals surface area contributed by atoms with Crippen LogP contribution in [0.2, 0.25) is 0 Å². The molecule has 0 aromatic carbocycles. The van der Waals surface area contributed by atoms with E-state index in [2.05, 4.69) is 20.5 Å². The third-order valence-corrected chi connectivity index (χ3v) is 4.87. The van der Waals surface area contributed by atoms with Gasteiger partial charge in [-0.05, 0) is 31.4 Å². The van der Waals surface area contributed by atoms with Gasteiger partial charge in [0.05, 0.1) is 6.61 Å². The summed E-state index contributed by atoms with van der Waals surface area (Å²) < 4.78 is 5.20. The molecule has 2 saturated heterocycles. The van der Waals surface area contributed by atoms with Gasteiger partial charge in [-0.1, -0.05) is 6.07 Å². The number of amides is 2. The number of hydrogen-bond donors (Lipinski definition) is 3. The molecule has 2 fully saturated rings. The van der Waals surface area contributed by atoms with Crippen LogP contribution in [0.15, 0.2) is 24.4 Å². The Hall–Kier alpha value is -2.35. The summed E-state index contributed by atoms with van der Waals surface area (Å²) in [4.78, 5) is 30.1. The molecule has 2 atom stereocenters. The van der Waals surface area contributed by atoms with Gasteiger partial charge in [-0.25, -0.2) is 9.78 Å². The number of aromatic nitrogens is 1. The second-order valence-electron chi connectivity index (χ2n) is 6.69. The molecule has 0 bridgehead atoms. The lowest BCUT2D eigenvalue weighted by Gasteiger charge is -2.34. The van der Waals surface area contributed by atoms with Crippen molar-refractivity contribution in [2.24, 2.45) is 5.41 Å². The predicted molar refractivity (Wildman–Crippen MR) is 91.5 cm³/mol. The average Bonchev–Trinajstić information content (AvgIpc) is 3.11. The van der Waals surface area contributed by atoms with Gasteiger partial charge in [0, 0.05) is 38.5 Å². The van der Waals surface area contributed by atoms with Crippen LogP contribution in [0.5, 0.6) is 0 Å². The van der Waals surface area contributed by atoms with Gasteiger partial charge in [0.15, 0.2) is 0 Å². The van der Waals surface area contributed by atoms with E-state index in [4.69, 9.17) is 4.74 Å². The number of hydrogen-bond acceptors (Lipinski definition) is 5. The predicted octanol–water partition coefficient (Wildman–Crippen LogP) is 0.841. The highest BCUT2D eigenvalue weighted by atomic mass is 16.5. The van der Waals surface area contributed by atoms with E-state index in [0.717, 1.165) is 25.2 Å². The molecule has 0 radical (unpaired) electrons. The minimum absolute atomic E-state index is 0.0105. The number of rotatable bonds is 5. The third-order valence-electron chi connectivity index (χ3n) is 4.87. The van der Waals surface area contributed by atoms with Gasteiger partial charge in [0.1, 0.15) is 11.2 Å². The normalized spacial score (nSPS) is 26.2. The molecule has 0 spiro atoms. The first-order valence-corrected chi connectivity index (χ1v) is 8.61. The number of ether oxygens (including phenoxy) is 1. The lowest BCUT2D eigenvalue weighted by Crippen LogP contribution is -2.53. The van der Waals surface area contributed by atoms with Crippen LogP contribution in [0, 0.1) is 5.41 Å². The molecule has 8 nitrogen and oxygen atoms in total. The van der Waals surface area contributed by atoms with Crippen LogP contribution >= 0.6 is 0 Å². The summed E-state index contributed by atoms with van der Waals surface area (Å²) in [6.45, 7) is 2.23. The van der Waals surface area contributed by atoms with Crippen LogP contribution in [0.3, 0.4) is 0 Å². The number of pyridine rings is 1. The van der Waals surface area contributed by atoms with Crippen LogP contribution in [-0.4, -0.2) is 61.0 Å². The van der Waals surface area contributed by atoms with Crippen LogP contribution in [0.4, 0.5) is 10.6 Å². The summed E-state index contributed by atoms with van der Waals surface area (Å²) in [6, 6.07) is 5.46. The Balaban J connectivity index is 1.50. The largest absolute Gasteiger partial charge is 0.481 e. The highest BCUT2D eigenvalue weighted by Crippen LogP contribution is 2.28. The first-order valence-electron chi connectivity index (χ1n) is 8.61. The summed E-state index contributed by atoms with van der Waals surface area (Å²) >= 11 is 0. The van der Waals surface area contributed by atoms with E-state index in [-0.39, 0.29) is 25.2 Å². The number of anilines is 1. The van der Waals surface area contributed by atoms with E-state index < -0.39 is 11.4 Å². The highest BCUT2D eigenvalue weighted by molar-refractivity contribution is 5.78. The number of nitrogens with one attached hydrogen (secondary N) is 2. The van der Waals surface area contributed by atoms with Crippen molar-refractivity contribution >= 4 is 17.8 Å². The summed E-state index contributed by atoms with van der Waals surface area (Å²) in [7, 11) is 0. The molecule has 3 N–H and O–H groups in total.